The van der Waals surface area contributed by atoms with Gasteiger partial charge in [-0.25, -0.2) is 14.6 Å². The summed E-state index contributed by atoms with van der Waals surface area (Å²) in [5.74, 6) is -3.29. The highest BCUT2D eigenvalue weighted by atomic mass is 16.7. The fourth-order valence-corrected chi connectivity index (χ4v) is 1.43. The molecule has 0 spiro atoms. The minimum Gasteiger partial charge on any atom is -0.480 e. The lowest BCUT2D eigenvalue weighted by Gasteiger charge is -2.24. The Morgan fingerprint density at radius 2 is 2.10 bits per heavy atom. The van der Waals surface area contributed by atoms with Crippen molar-refractivity contribution in [2.75, 3.05) is 6.61 Å². The molecule has 1 aromatic heterocycles. The summed E-state index contributed by atoms with van der Waals surface area (Å²) in [6.07, 6.45) is 1.36. The number of hydrogen-bond donors (Lipinski definition) is 2. The van der Waals surface area contributed by atoms with Gasteiger partial charge in [-0.05, 0) is 18.6 Å². The molecule has 8 nitrogen and oxygen atoms in total. The largest absolute Gasteiger partial charge is 0.480 e. The molecule has 20 heavy (non-hydrogen) atoms. The highest BCUT2D eigenvalue weighted by Gasteiger charge is 2.31. The summed E-state index contributed by atoms with van der Waals surface area (Å²) >= 11 is 0. The molecule has 0 saturated heterocycles. The van der Waals surface area contributed by atoms with Crippen molar-refractivity contribution in [1.29, 1.82) is 0 Å². The van der Waals surface area contributed by atoms with Gasteiger partial charge in [0.1, 0.15) is 0 Å². The number of pyridine rings is 1. The predicted octanol–water partition coefficient (Wildman–Crippen LogP) is -0.244. The normalized spacial score (nSPS) is 11.6. The van der Waals surface area contributed by atoms with E-state index in [2.05, 4.69) is 4.98 Å². The third-order valence-corrected chi connectivity index (χ3v) is 2.44. The summed E-state index contributed by atoms with van der Waals surface area (Å²) in [5, 5.41) is 18.2. The third kappa shape index (κ3) is 3.51. The van der Waals surface area contributed by atoms with Crippen LogP contribution in [0.15, 0.2) is 18.3 Å². The van der Waals surface area contributed by atoms with Crippen LogP contribution in [0, 0.1) is 6.92 Å². The number of aliphatic hydroxyl groups excluding tert-OH is 1. The lowest BCUT2D eigenvalue weighted by Crippen LogP contribution is -2.47. The Hall–Kier alpha value is -2.48. The maximum absolute atomic E-state index is 11.9. The molecule has 0 aromatic carbocycles. The van der Waals surface area contributed by atoms with Crippen LogP contribution in [-0.4, -0.2) is 50.8 Å². The average Bonchev–Trinajstić information content (AvgIpc) is 2.38. The quantitative estimate of drug-likeness (QED) is 0.731. The molecule has 0 unspecified atom stereocenters. The van der Waals surface area contributed by atoms with Gasteiger partial charge in [0.15, 0.2) is 11.7 Å². The molecule has 0 aliphatic rings. The molecule has 0 saturated carbocycles. The molecule has 0 aliphatic heterocycles. The smallest absolute Gasteiger partial charge is 0.381 e. The highest BCUT2D eigenvalue weighted by molar-refractivity contribution is 5.90. The van der Waals surface area contributed by atoms with Gasteiger partial charge in [0, 0.05) is 13.1 Å². The number of hydrogen-bond acceptors (Lipinski definition) is 6. The van der Waals surface area contributed by atoms with Crippen LogP contribution < -0.4 is 0 Å². The topological polar surface area (TPSA) is 117 Å². The van der Waals surface area contributed by atoms with E-state index in [0.29, 0.717) is 10.6 Å². The summed E-state index contributed by atoms with van der Waals surface area (Å²) in [5.41, 5.74) is 0.470. The van der Waals surface area contributed by atoms with E-state index in [1.807, 2.05) is 0 Å². The van der Waals surface area contributed by atoms with E-state index in [0.717, 1.165) is 6.92 Å². The number of carbonyl (C=O) groups excluding carboxylic acids is 2. The fourth-order valence-electron chi connectivity index (χ4n) is 1.43. The molecule has 1 rings (SSSR count). The number of aliphatic carboxylic acids is 1. The Morgan fingerprint density at radius 1 is 1.45 bits per heavy atom. The van der Waals surface area contributed by atoms with Crippen molar-refractivity contribution in [1.82, 2.24) is 10.0 Å². The number of aromatic nitrogens is 1. The maximum atomic E-state index is 11.9. The molecule has 1 heterocycles. The molecule has 108 valence electrons. The van der Waals surface area contributed by atoms with Crippen LogP contribution in [0.5, 0.6) is 0 Å². The van der Waals surface area contributed by atoms with Crippen molar-refractivity contribution in [3.8, 4) is 0 Å². The molecule has 0 aliphatic carbocycles. The van der Waals surface area contributed by atoms with Crippen LogP contribution in [0.4, 0.5) is 0 Å². The van der Waals surface area contributed by atoms with Gasteiger partial charge in [-0.3, -0.25) is 4.79 Å². The average molecular weight is 282 g/mol. The summed E-state index contributed by atoms with van der Waals surface area (Å²) in [4.78, 5) is 42.7. The number of carboxylic acids is 1. The number of amides is 1. The van der Waals surface area contributed by atoms with E-state index in [4.69, 9.17) is 15.1 Å². The van der Waals surface area contributed by atoms with Crippen LogP contribution >= 0.6 is 0 Å². The number of aliphatic hydroxyl groups is 1. The molecule has 0 bridgehead atoms. The minimum atomic E-state index is -1.67. The second kappa shape index (κ2) is 6.62. The molecule has 1 atom stereocenters. The first-order valence-electron chi connectivity index (χ1n) is 5.65. The summed E-state index contributed by atoms with van der Waals surface area (Å²) < 4.78 is 0. The van der Waals surface area contributed by atoms with Crippen LogP contribution in [0.2, 0.25) is 0 Å². The number of aryl methyl sites for hydroxylation is 1. The molecule has 1 aromatic rings. The van der Waals surface area contributed by atoms with E-state index in [9.17, 15) is 14.4 Å². The van der Waals surface area contributed by atoms with Crippen molar-refractivity contribution in [3.05, 3.63) is 29.6 Å². The number of carbonyl (C=O) groups is 3. The Labute approximate surface area is 114 Å². The zero-order valence-electron chi connectivity index (χ0n) is 10.9. The summed E-state index contributed by atoms with van der Waals surface area (Å²) in [7, 11) is 0. The molecule has 2 N–H and O–H groups in total. The van der Waals surface area contributed by atoms with Gasteiger partial charge >= 0.3 is 11.9 Å². The van der Waals surface area contributed by atoms with E-state index in [-0.39, 0.29) is 5.69 Å². The Kier molecular flexibility index (Phi) is 5.15. The van der Waals surface area contributed by atoms with Gasteiger partial charge in [-0.15, -0.1) is 0 Å². The molecule has 1 amide bonds. The van der Waals surface area contributed by atoms with E-state index in [1.165, 1.54) is 6.20 Å². The molecular formula is C12H14N2O6. The van der Waals surface area contributed by atoms with Gasteiger partial charge in [0.2, 0.25) is 0 Å². The van der Waals surface area contributed by atoms with Crippen molar-refractivity contribution < 1.29 is 29.4 Å². The third-order valence-electron chi connectivity index (χ3n) is 2.44. The number of carboxylic acid groups (broad SMARTS) is 1. The standard InChI is InChI=1S/C12H14N2O6/c1-7-4-3-5-13-10(7)12(19)20-14(8(2)16)9(6-15)11(17)18/h3-5,9,15H,6H2,1-2H3,(H,17,18)/t9-/m0/s1. The summed E-state index contributed by atoms with van der Waals surface area (Å²) in [6.45, 7) is 1.75. The van der Waals surface area contributed by atoms with E-state index >= 15 is 0 Å². The lowest BCUT2D eigenvalue weighted by atomic mass is 10.2. The van der Waals surface area contributed by atoms with Crippen molar-refractivity contribution in [2.24, 2.45) is 0 Å². The number of hydroxylamine groups is 2. The number of rotatable bonds is 4. The zero-order valence-corrected chi connectivity index (χ0v) is 10.9. The fraction of sp³-hybridized carbons (Fsp3) is 0.333. The lowest BCUT2D eigenvalue weighted by molar-refractivity contribution is -0.188. The first kappa shape index (κ1) is 15.6. The SMILES string of the molecule is CC(=O)N(OC(=O)c1ncccc1C)[C@@H](CO)C(=O)O. The summed E-state index contributed by atoms with van der Waals surface area (Å²) in [6, 6.07) is 1.56. The van der Waals surface area contributed by atoms with Crippen molar-refractivity contribution >= 4 is 17.8 Å². The van der Waals surface area contributed by atoms with Crippen LogP contribution in [-0.2, 0) is 14.4 Å². The Bertz CT molecular complexity index is 530. The molecule has 0 radical (unpaired) electrons. The van der Waals surface area contributed by atoms with Gasteiger partial charge in [0.05, 0.1) is 6.61 Å². The van der Waals surface area contributed by atoms with Crippen LogP contribution in [0.3, 0.4) is 0 Å². The Balaban J connectivity index is 2.97. The first-order chi connectivity index (χ1) is 9.38. The van der Waals surface area contributed by atoms with Gasteiger partial charge in [0.25, 0.3) is 5.91 Å². The Morgan fingerprint density at radius 3 is 2.55 bits per heavy atom. The van der Waals surface area contributed by atoms with Crippen LogP contribution in [0.25, 0.3) is 0 Å². The molecular weight excluding hydrogens is 268 g/mol. The van der Waals surface area contributed by atoms with Gasteiger partial charge in [-0.1, -0.05) is 6.07 Å². The van der Waals surface area contributed by atoms with Crippen molar-refractivity contribution in [3.63, 3.8) is 0 Å². The van der Waals surface area contributed by atoms with Crippen molar-refractivity contribution in [2.45, 2.75) is 19.9 Å². The number of nitrogens with zero attached hydrogens (tertiary/aromatic N) is 2. The van der Waals surface area contributed by atoms with Gasteiger partial charge < -0.3 is 15.1 Å². The minimum absolute atomic E-state index is 0.0409. The monoisotopic (exact) mass is 282 g/mol. The molecule has 0 fully saturated rings. The second-order valence-corrected chi connectivity index (χ2v) is 3.93. The highest BCUT2D eigenvalue weighted by Crippen LogP contribution is 2.09. The predicted molar refractivity (Wildman–Crippen MR) is 65.4 cm³/mol. The zero-order chi connectivity index (χ0) is 15.3. The van der Waals surface area contributed by atoms with E-state index < -0.39 is 30.5 Å². The van der Waals surface area contributed by atoms with Crippen LogP contribution in [0.1, 0.15) is 23.0 Å². The van der Waals surface area contributed by atoms with Gasteiger partial charge in [-0.2, -0.15) is 5.06 Å². The second-order valence-electron chi connectivity index (χ2n) is 3.93. The van der Waals surface area contributed by atoms with E-state index in [1.54, 1.807) is 19.1 Å². The maximum Gasteiger partial charge on any atom is 0.381 e. The first-order valence-corrected chi connectivity index (χ1v) is 5.65. The molecule has 8 heteroatoms.